The summed E-state index contributed by atoms with van der Waals surface area (Å²) in [5.74, 6) is -0.0659. The van der Waals surface area contributed by atoms with E-state index in [9.17, 15) is 4.79 Å². The number of fused-ring (bicyclic) bond motifs is 4. The van der Waals surface area contributed by atoms with Crippen molar-refractivity contribution in [3.8, 4) is 0 Å². The van der Waals surface area contributed by atoms with Gasteiger partial charge in [0.1, 0.15) is 19.7 Å². The monoisotopic (exact) mass is 688 g/mol. The second-order valence-electron chi connectivity index (χ2n) is 15.8. The first-order valence-corrected chi connectivity index (χ1v) is 20.0. The number of esters is 1. The third kappa shape index (κ3) is 6.65. The van der Waals surface area contributed by atoms with Crippen LogP contribution in [0.1, 0.15) is 79.6 Å². The molecule has 2 aromatic carbocycles. The second-order valence-corrected chi connectivity index (χ2v) is 20.1. The van der Waals surface area contributed by atoms with Gasteiger partial charge in [0.2, 0.25) is 0 Å². The summed E-state index contributed by atoms with van der Waals surface area (Å²) in [5, 5.41) is 2.36. The van der Waals surface area contributed by atoms with Gasteiger partial charge in [0.25, 0.3) is 8.32 Å². The van der Waals surface area contributed by atoms with Crippen LogP contribution in [0, 0.1) is 17.3 Å². The molecule has 0 aliphatic heterocycles. The zero-order valence-electron chi connectivity index (χ0n) is 30.5. The molecule has 2 aromatic rings. The Morgan fingerprint density at radius 3 is 2.14 bits per heavy atom. The van der Waals surface area contributed by atoms with Gasteiger partial charge in [-0.15, -0.1) is 0 Å². The zero-order valence-corrected chi connectivity index (χ0v) is 31.5. The van der Waals surface area contributed by atoms with E-state index >= 15 is 0 Å². The van der Waals surface area contributed by atoms with Gasteiger partial charge in [-0.3, -0.25) is 4.79 Å². The molecule has 4 aliphatic carbocycles. The first-order valence-electron chi connectivity index (χ1n) is 18.1. The number of benzene rings is 2. The molecule has 0 amide bonds. The number of hydrogen-bond acceptors (Lipinski definition) is 7. The van der Waals surface area contributed by atoms with Crippen LogP contribution in [0.5, 0.6) is 0 Å². The van der Waals surface area contributed by atoms with Crippen molar-refractivity contribution in [1.82, 2.24) is 0 Å². The minimum atomic E-state index is -2.88. The molecular formula is C41H56O7Si. The van der Waals surface area contributed by atoms with Crippen molar-refractivity contribution < 1.29 is 32.9 Å². The van der Waals surface area contributed by atoms with Crippen LogP contribution in [-0.2, 0) is 32.9 Å². The SMILES string of the molecule is COCO[C@H]1CC[C@H]2C3=CC[C@@]4(OCOC)CCC[C@H](O[Si](c5ccccc5)(c5ccccc5)C(C)(C)C)[C@H]4C=C3[C@@H](OC(C)=O)C[C@]12C. The number of carbonyl (C=O) groups excluding carboxylic acids is 1. The van der Waals surface area contributed by atoms with Crippen LogP contribution in [0.2, 0.25) is 5.04 Å². The van der Waals surface area contributed by atoms with Crippen molar-refractivity contribution in [2.75, 3.05) is 27.8 Å². The van der Waals surface area contributed by atoms with E-state index in [1.807, 2.05) is 0 Å². The summed E-state index contributed by atoms with van der Waals surface area (Å²) >= 11 is 0. The number of methoxy groups -OCH3 is 2. The number of hydrogen-bond donors (Lipinski definition) is 0. The van der Waals surface area contributed by atoms with Gasteiger partial charge in [0.05, 0.1) is 17.8 Å². The number of rotatable bonds is 11. The molecule has 8 heteroatoms. The van der Waals surface area contributed by atoms with Gasteiger partial charge in [-0.2, -0.15) is 0 Å². The largest absolute Gasteiger partial charge is 0.458 e. The average molecular weight is 689 g/mol. The molecule has 4 aliphatic rings. The summed E-state index contributed by atoms with van der Waals surface area (Å²) in [5.41, 5.74) is 1.69. The Morgan fingerprint density at radius 1 is 0.898 bits per heavy atom. The maximum atomic E-state index is 12.7. The highest BCUT2D eigenvalue weighted by Gasteiger charge is 2.59. The van der Waals surface area contributed by atoms with Crippen LogP contribution >= 0.6 is 0 Å². The molecule has 0 radical (unpaired) electrons. The van der Waals surface area contributed by atoms with Crippen molar-refractivity contribution in [3.05, 3.63) is 84.0 Å². The molecule has 49 heavy (non-hydrogen) atoms. The summed E-state index contributed by atoms with van der Waals surface area (Å²) < 4.78 is 38.2. The Kier molecular flexibility index (Phi) is 10.8. The van der Waals surface area contributed by atoms with Crippen LogP contribution < -0.4 is 10.4 Å². The summed E-state index contributed by atoms with van der Waals surface area (Å²) in [4.78, 5) is 12.7. The molecule has 0 N–H and O–H groups in total. The molecule has 0 heterocycles. The standard InChI is InChI=1S/C41H56O7Si/c1-29(42)47-37-26-40(5)34(20-21-38(40)45-27-43-6)32-22-24-41(46-28-44-7)23-14-19-36(35(41)25-33(32)37)48-49(39(2,3)4,30-15-10-8-11-16-30)31-17-12-9-13-18-31/h8-13,15-18,22,25,34-38H,14,19-21,23-24,26-28H2,1-7H3/t34-,35+,36-,37-,38-,40-,41-/m0/s1. The van der Waals surface area contributed by atoms with Gasteiger partial charge in [-0.05, 0) is 77.4 Å². The molecule has 0 saturated heterocycles. The number of carbonyl (C=O) groups is 1. The molecule has 7 atom stereocenters. The topological polar surface area (TPSA) is 72.5 Å². The second kappa shape index (κ2) is 14.6. The maximum absolute atomic E-state index is 12.7. The van der Waals surface area contributed by atoms with Crippen molar-refractivity contribution in [1.29, 1.82) is 0 Å². The van der Waals surface area contributed by atoms with Crippen molar-refractivity contribution in [2.45, 2.75) is 109 Å². The normalized spacial score (nSPS) is 31.4. The van der Waals surface area contributed by atoms with Gasteiger partial charge >= 0.3 is 5.97 Å². The molecule has 266 valence electrons. The fraction of sp³-hybridized carbons (Fsp3) is 0.585. The summed E-state index contributed by atoms with van der Waals surface area (Å²) in [6.45, 7) is 11.3. The smallest absolute Gasteiger partial charge is 0.303 e. The molecule has 3 fully saturated rings. The predicted molar refractivity (Wildman–Crippen MR) is 194 cm³/mol. The Labute approximate surface area is 294 Å². The Morgan fingerprint density at radius 2 is 1.55 bits per heavy atom. The highest BCUT2D eigenvalue weighted by atomic mass is 28.4. The van der Waals surface area contributed by atoms with Crippen LogP contribution in [0.4, 0.5) is 0 Å². The summed E-state index contributed by atoms with van der Waals surface area (Å²) in [6.07, 6.45) is 10.5. The molecule has 6 rings (SSSR count). The van der Waals surface area contributed by atoms with Crippen LogP contribution in [-0.4, -0.2) is 66.0 Å². The minimum Gasteiger partial charge on any atom is -0.458 e. The van der Waals surface area contributed by atoms with Gasteiger partial charge in [0.15, 0.2) is 0 Å². The highest BCUT2D eigenvalue weighted by molar-refractivity contribution is 6.99. The van der Waals surface area contributed by atoms with Crippen LogP contribution in [0.15, 0.2) is 84.0 Å². The van der Waals surface area contributed by atoms with E-state index in [4.69, 9.17) is 28.1 Å². The maximum Gasteiger partial charge on any atom is 0.303 e. The fourth-order valence-electron chi connectivity index (χ4n) is 9.79. The van der Waals surface area contributed by atoms with Crippen molar-refractivity contribution in [3.63, 3.8) is 0 Å². The molecule has 0 aromatic heterocycles. The first-order chi connectivity index (χ1) is 23.5. The lowest BCUT2D eigenvalue weighted by molar-refractivity contribution is -0.176. The minimum absolute atomic E-state index is 0.0217. The Bertz CT molecular complexity index is 1460. The van der Waals surface area contributed by atoms with Gasteiger partial charge in [0, 0.05) is 32.5 Å². The molecule has 0 bridgehead atoms. The average Bonchev–Trinajstić information content (AvgIpc) is 3.29. The first kappa shape index (κ1) is 36.2. The highest BCUT2D eigenvalue weighted by Crippen LogP contribution is 2.59. The third-order valence-electron chi connectivity index (χ3n) is 12.0. The molecule has 7 nitrogen and oxygen atoms in total. The van der Waals surface area contributed by atoms with E-state index in [1.165, 1.54) is 22.9 Å². The predicted octanol–water partition coefficient (Wildman–Crippen LogP) is 7.09. The Hall–Kier alpha value is -2.59. The van der Waals surface area contributed by atoms with E-state index in [0.717, 1.165) is 44.1 Å². The summed E-state index contributed by atoms with van der Waals surface area (Å²) in [6, 6.07) is 21.8. The quantitative estimate of drug-likeness (QED) is 0.142. The lowest BCUT2D eigenvalue weighted by Gasteiger charge is -2.51. The molecule has 0 unspecified atom stereocenters. The molecule has 3 saturated carbocycles. The van der Waals surface area contributed by atoms with Crippen LogP contribution in [0.3, 0.4) is 0 Å². The fourth-order valence-corrected chi connectivity index (χ4v) is 14.5. The zero-order chi connectivity index (χ0) is 34.9. The number of ether oxygens (including phenoxy) is 5. The lowest BCUT2D eigenvalue weighted by atomic mass is 9.63. The van der Waals surface area contributed by atoms with E-state index in [-0.39, 0.29) is 60.2 Å². The van der Waals surface area contributed by atoms with Crippen molar-refractivity contribution >= 4 is 24.7 Å². The lowest BCUT2D eigenvalue weighted by Crippen LogP contribution is -2.69. The van der Waals surface area contributed by atoms with E-state index in [1.54, 1.807) is 14.2 Å². The van der Waals surface area contributed by atoms with E-state index < -0.39 is 13.9 Å². The third-order valence-corrected chi connectivity index (χ3v) is 17.0. The van der Waals surface area contributed by atoms with Gasteiger partial charge in [-0.25, -0.2) is 0 Å². The van der Waals surface area contributed by atoms with E-state index in [0.29, 0.717) is 6.42 Å². The van der Waals surface area contributed by atoms with Crippen LogP contribution in [0.25, 0.3) is 0 Å². The molecule has 0 spiro atoms. The van der Waals surface area contributed by atoms with Gasteiger partial charge in [-0.1, -0.05) is 101 Å². The summed E-state index contributed by atoms with van der Waals surface area (Å²) in [7, 11) is 0.476. The van der Waals surface area contributed by atoms with Gasteiger partial charge < -0.3 is 28.1 Å². The Balaban J connectivity index is 1.50. The van der Waals surface area contributed by atoms with E-state index in [2.05, 4.69) is 101 Å². The molecular weight excluding hydrogens is 633 g/mol. The van der Waals surface area contributed by atoms with Crippen molar-refractivity contribution in [2.24, 2.45) is 17.3 Å².